The number of fused-ring (bicyclic) bond motifs is 2. The molecule has 46 heavy (non-hydrogen) atoms. The van der Waals surface area contributed by atoms with Crippen molar-refractivity contribution >= 4 is 34.9 Å². The molecular weight excluding hydrogens is 596 g/mol. The van der Waals surface area contributed by atoms with E-state index in [2.05, 4.69) is 9.97 Å². The Morgan fingerprint density at radius 1 is 0.848 bits per heavy atom. The minimum Gasteiger partial charge on any atom is -0.443 e. The van der Waals surface area contributed by atoms with E-state index < -0.39 is 41.6 Å². The van der Waals surface area contributed by atoms with Crippen LogP contribution in [0.2, 0.25) is 0 Å². The fraction of sp³-hybridized carbons (Fsp3) is 0.324. The second kappa shape index (κ2) is 12.0. The molecule has 0 aliphatic carbocycles. The molecule has 240 valence electrons. The number of hydrogen-bond acceptors (Lipinski definition) is 8. The second-order valence-electron chi connectivity index (χ2n) is 13.1. The lowest BCUT2D eigenvalue weighted by Crippen LogP contribution is -2.43. The van der Waals surface area contributed by atoms with E-state index in [9.17, 15) is 23.2 Å². The summed E-state index contributed by atoms with van der Waals surface area (Å²) in [6.45, 7) is 10.0. The van der Waals surface area contributed by atoms with Crippen LogP contribution in [0.1, 0.15) is 68.7 Å². The molecule has 3 aromatic carbocycles. The number of amides is 3. The molecule has 0 saturated heterocycles. The molecule has 5 rings (SSSR count). The summed E-state index contributed by atoms with van der Waals surface area (Å²) in [5.41, 5.74) is 7.09. The first-order chi connectivity index (χ1) is 21.5. The number of nitrogens with zero attached hydrogens (tertiary/aromatic N) is 4. The number of halogens is 2. The van der Waals surface area contributed by atoms with E-state index in [0.29, 0.717) is 34.5 Å². The molecule has 0 bridgehead atoms. The van der Waals surface area contributed by atoms with Crippen LogP contribution in [-0.2, 0) is 29.1 Å². The number of rotatable bonds is 4. The molecule has 12 heteroatoms. The molecule has 1 aliphatic heterocycles. The van der Waals surface area contributed by atoms with E-state index in [4.69, 9.17) is 15.2 Å². The molecule has 0 saturated carbocycles. The van der Waals surface area contributed by atoms with Crippen molar-refractivity contribution in [2.45, 2.75) is 72.4 Å². The standard InChI is InChI=1S/C34H35F2N5O5/c1-33(2,3)45-31(43)41(32(44)46-34(4,5)6)18-22-14-25(35)26(36)15-23(22)19-11-12-27-24(13-19)28(39-30(37)38-27)29(42)40-16-20-9-7-8-10-21(20)17-40/h7-15H,16-18H2,1-6H3,(H2,37,38,39). The van der Waals surface area contributed by atoms with Crippen molar-refractivity contribution in [1.29, 1.82) is 0 Å². The van der Waals surface area contributed by atoms with Crippen LogP contribution < -0.4 is 5.73 Å². The van der Waals surface area contributed by atoms with Gasteiger partial charge in [0.2, 0.25) is 5.95 Å². The summed E-state index contributed by atoms with van der Waals surface area (Å²) in [4.78, 5) is 51.0. The second-order valence-corrected chi connectivity index (χ2v) is 13.1. The molecular formula is C34H35F2N5O5. The Bertz CT molecular complexity index is 1810. The van der Waals surface area contributed by atoms with Gasteiger partial charge in [0.05, 0.1) is 12.1 Å². The Kier molecular flexibility index (Phi) is 8.41. The Hall–Kier alpha value is -5.13. The van der Waals surface area contributed by atoms with Gasteiger partial charge in [-0.05, 0) is 93.6 Å². The molecule has 1 aromatic heterocycles. The molecule has 2 N–H and O–H groups in total. The lowest BCUT2D eigenvalue weighted by Gasteiger charge is -2.29. The van der Waals surface area contributed by atoms with Crippen molar-refractivity contribution in [2.75, 3.05) is 5.73 Å². The molecule has 0 fully saturated rings. The van der Waals surface area contributed by atoms with Gasteiger partial charge in [-0.1, -0.05) is 30.3 Å². The summed E-state index contributed by atoms with van der Waals surface area (Å²) >= 11 is 0. The van der Waals surface area contributed by atoms with Gasteiger partial charge in [-0.3, -0.25) is 4.79 Å². The third-order valence-corrected chi connectivity index (χ3v) is 7.06. The Morgan fingerprint density at radius 2 is 1.41 bits per heavy atom. The van der Waals surface area contributed by atoms with Crippen LogP contribution >= 0.6 is 0 Å². The highest BCUT2D eigenvalue weighted by Gasteiger charge is 2.33. The van der Waals surface area contributed by atoms with E-state index >= 15 is 0 Å². The maximum atomic E-state index is 14.8. The summed E-state index contributed by atoms with van der Waals surface area (Å²) in [5.74, 6) is -2.81. The van der Waals surface area contributed by atoms with E-state index in [-0.39, 0.29) is 28.7 Å². The van der Waals surface area contributed by atoms with Crippen LogP contribution in [0.4, 0.5) is 24.3 Å². The van der Waals surface area contributed by atoms with Crippen LogP contribution in [0.15, 0.2) is 54.6 Å². The lowest BCUT2D eigenvalue weighted by molar-refractivity contribution is -0.000262. The van der Waals surface area contributed by atoms with Crippen LogP contribution in [-0.4, -0.2) is 49.1 Å². The van der Waals surface area contributed by atoms with Gasteiger partial charge in [0.15, 0.2) is 11.6 Å². The fourth-order valence-corrected chi connectivity index (χ4v) is 5.10. The number of nitrogens with two attached hydrogens (primary N) is 1. The van der Waals surface area contributed by atoms with Gasteiger partial charge in [0, 0.05) is 18.5 Å². The first-order valence-electron chi connectivity index (χ1n) is 14.6. The summed E-state index contributed by atoms with van der Waals surface area (Å²) < 4.78 is 40.4. The van der Waals surface area contributed by atoms with Gasteiger partial charge in [0.25, 0.3) is 5.91 Å². The maximum Gasteiger partial charge on any atom is 0.420 e. The first kappa shape index (κ1) is 32.3. The summed E-state index contributed by atoms with van der Waals surface area (Å²) in [6.07, 6.45) is -2.06. The third kappa shape index (κ3) is 7.06. The molecule has 4 aromatic rings. The molecule has 3 amide bonds. The minimum atomic E-state index is -1.19. The molecule has 1 aliphatic rings. The zero-order valence-electron chi connectivity index (χ0n) is 26.5. The Morgan fingerprint density at radius 3 is 1.98 bits per heavy atom. The molecule has 10 nitrogen and oxygen atoms in total. The van der Waals surface area contributed by atoms with E-state index in [0.717, 1.165) is 23.3 Å². The molecule has 0 unspecified atom stereocenters. The minimum absolute atomic E-state index is 0.0467. The maximum absolute atomic E-state index is 14.8. The highest BCUT2D eigenvalue weighted by atomic mass is 19.2. The number of benzene rings is 3. The number of carbonyl (C=O) groups is 3. The first-order valence-corrected chi connectivity index (χ1v) is 14.6. The quantitative estimate of drug-likeness (QED) is 0.255. The van der Waals surface area contributed by atoms with Gasteiger partial charge in [-0.2, -0.15) is 0 Å². The molecule has 0 radical (unpaired) electrons. The van der Waals surface area contributed by atoms with E-state index in [1.54, 1.807) is 64.6 Å². The van der Waals surface area contributed by atoms with Crippen molar-refractivity contribution in [2.24, 2.45) is 0 Å². The number of anilines is 1. The molecule has 2 heterocycles. The summed E-state index contributed by atoms with van der Waals surface area (Å²) in [7, 11) is 0. The zero-order chi connectivity index (χ0) is 33.6. The van der Waals surface area contributed by atoms with Gasteiger partial charge in [-0.15, -0.1) is 0 Å². The summed E-state index contributed by atoms with van der Waals surface area (Å²) in [5, 5.41) is 0.333. The van der Waals surface area contributed by atoms with E-state index in [1.807, 2.05) is 24.3 Å². The van der Waals surface area contributed by atoms with Crippen LogP contribution in [0.3, 0.4) is 0 Å². The van der Waals surface area contributed by atoms with E-state index in [1.165, 1.54) is 0 Å². The zero-order valence-corrected chi connectivity index (χ0v) is 26.5. The van der Waals surface area contributed by atoms with Crippen LogP contribution in [0.25, 0.3) is 22.0 Å². The lowest BCUT2D eigenvalue weighted by atomic mass is 9.96. The van der Waals surface area contributed by atoms with Gasteiger partial charge in [-0.25, -0.2) is 33.2 Å². The molecule has 0 atom stereocenters. The number of hydrogen-bond donors (Lipinski definition) is 1. The average molecular weight is 632 g/mol. The number of ether oxygens (including phenoxy) is 2. The Balaban J connectivity index is 1.58. The Labute approximate surface area is 265 Å². The normalized spacial score (nSPS) is 13.0. The van der Waals surface area contributed by atoms with Crippen molar-refractivity contribution in [3.8, 4) is 11.1 Å². The van der Waals surface area contributed by atoms with Crippen molar-refractivity contribution in [1.82, 2.24) is 19.8 Å². The van der Waals surface area contributed by atoms with Gasteiger partial charge in [0.1, 0.15) is 16.9 Å². The third-order valence-electron chi connectivity index (χ3n) is 7.06. The smallest absolute Gasteiger partial charge is 0.420 e. The van der Waals surface area contributed by atoms with Crippen LogP contribution in [0, 0.1) is 11.6 Å². The SMILES string of the molecule is CC(C)(C)OC(=O)N(Cc1cc(F)c(F)cc1-c1ccc2nc(N)nc(C(=O)N3Cc4ccccc4C3)c2c1)C(=O)OC(C)(C)C. The van der Waals surface area contributed by atoms with Crippen molar-refractivity contribution < 1.29 is 32.6 Å². The van der Waals surface area contributed by atoms with Gasteiger partial charge >= 0.3 is 12.2 Å². The topological polar surface area (TPSA) is 128 Å². The van der Waals surface area contributed by atoms with Crippen LogP contribution in [0.5, 0.6) is 0 Å². The summed E-state index contributed by atoms with van der Waals surface area (Å²) in [6, 6.07) is 14.3. The number of nitrogen functional groups attached to an aromatic ring is 1. The monoisotopic (exact) mass is 631 g/mol. The predicted octanol–water partition coefficient (Wildman–Crippen LogP) is 6.99. The average Bonchev–Trinajstić information content (AvgIpc) is 3.39. The fourth-order valence-electron chi connectivity index (χ4n) is 5.10. The highest BCUT2D eigenvalue weighted by Crippen LogP contribution is 2.33. The number of imide groups is 1. The predicted molar refractivity (Wildman–Crippen MR) is 167 cm³/mol. The molecule has 0 spiro atoms. The number of aromatic nitrogens is 2. The number of carbonyl (C=O) groups excluding carboxylic acids is 3. The van der Waals surface area contributed by atoms with Gasteiger partial charge < -0.3 is 20.1 Å². The largest absolute Gasteiger partial charge is 0.443 e. The van der Waals surface area contributed by atoms with Crippen molar-refractivity contribution in [3.63, 3.8) is 0 Å². The van der Waals surface area contributed by atoms with Crippen molar-refractivity contribution in [3.05, 3.63) is 88.6 Å². The highest BCUT2D eigenvalue weighted by molar-refractivity contribution is 6.06.